The summed E-state index contributed by atoms with van der Waals surface area (Å²) in [6.45, 7) is -0.862. The van der Waals surface area contributed by atoms with E-state index in [1.54, 1.807) is 0 Å². The first-order valence-electron chi connectivity index (χ1n) is 10.1. The number of carbonyl (C=O) groups is 2. The van der Waals surface area contributed by atoms with Crippen LogP contribution >= 0.6 is 21.8 Å². The van der Waals surface area contributed by atoms with Crippen LogP contribution in [0.5, 0.6) is 11.5 Å². The third-order valence-electron chi connectivity index (χ3n) is 5.74. The van der Waals surface area contributed by atoms with Crippen molar-refractivity contribution in [2.24, 2.45) is 0 Å². The molecule has 0 aromatic heterocycles. The van der Waals surface area contributed by atoms with Crippen LogP contribution in [0.4, 0.5) is 23.8 Å². The van der Waals surface area contributed by atoms with Gasteiger partial charge in [-0.3, -0.25) is 9.59 Å². The molecule has 2 amide bonds. The molecule has 2 N–H and O–H groups in total. The number of amides is 2. The first-order chi connectivity index (χ1) is 16.0. The Kier molecular flexibility index (Phi) is 5.49. The maximum Gasteiger partial charge on any atom is 0.310 e. The van der Waals surface area contributed by atoms with Crippen LogP contribution in [-0.4, -0.2) is 36.1 Å². The summed E-state index contributed by atoms with van der Waals surface area (Å²) < 4.78 is 87.4. The predicted octanol–water partition coefficient (Wildman–Crippen LogP) is 5.50. The van der Waals surface area contributed by atoms with Gasteiger partial charge in [0, 0.05) is 17.1 Å². The topological polar surface area (TPSA) is 76.7 Å². The molecule has 192 valence electrons. The van der Waals surface area contributed by atoms with E-state index in [-0.39, 0.29) is 35.3 Å². The number of carbonyl (C=O) groups excluding carboxylic acids is 2. The fourth-order valence-corrected chi connectivity index (χ4v) is 5.14. The summed E-state index contributed by atoms with van der Waals surface area (Å²) in [6.07, 6.45) is 1.39. The van der Waals surface area contributed by atoms with E-state index in [0.717, 1.165) is 6.07 Å². The molecule has 0 radical (unpaired) electrons. The molecule has 0 saturated heterocycles. The van der Waals surface area contributed by atoms with Crippen molar-refractivity contribution < 1.29 is 42.9 Å². The molecule has 5 rings (SSSR count). The fraction of sp³-hybridized carbons (Fsp3) is 0.333. The van der Waals surface area contributed by atoms with E-state index in [1.165, 1.54) is 12.1 Å². The maximum absolute atomic E-state index is 13.4. The molecule has 2 aromatic carbocycles. The number of hydrogen-bond donors (Lipinski definition) is 2. The number of halogens is 7. The summed E-state index contributed by atoms with van der Waals surface area (Å²) in [5, 5.41) is 5.50. The second-order valence-electron chi connectivity index (χ2n) is 8.78. The summed E-state index contributed by atoms with van der Waals surface area (Å²) in [6, 6.07) is 5.63. The number of rotatable bonds is 9. The highest BCUT2D eigenvalue weighted by Gasteiger charge is 2.69. The quantitative estimate of drug-likeness (QED) is 0.409. The molecule has 2 bridgehead atoms. The van der Waals surface area contributed by atoms with Gasteiger partial charge in [0.1, 0.15) is 22.2 Å². The van der Waals surface area contributed by atoms with E-state index >= 15 is 0 Å². The molecule has 3 fully saturated rings. The Morgan fingerprint density at radius 2 is 1.29 bits per heavy atom. The van der Waals surface area contributed by atoms with E-state index in [1.807, 2.05) is 0 Å². The van der Waals surface area contributed by atoms with Gasteiger partial charge >= 0.3 is 10.2 Å². The minimum Gasteiger partial charge on any atom is -0.484 e. The molecule has 0 spiro atoms. The van der Waals surface area contributed by atoms with Gasteiger partial charge in [-0.1, -0.05) is 31.0 Å². The highest BCUT2D eigenvalue weighted by molar-refractivity contribution is 8.45. The molecule has 0 unspecified atom stereocenters. The normalized spacial score (nSPS) is 24.7. The summed E-state index contributed by atoms with van der Waals surface area (Å²) in [5.41, 5.74) is -1.01. The molecule has 2 aromatic rings. The Hall–Kier alpha value is -2.80. The van der Waals surface area contributed by atoms with Crippen LogP contribution in [0.15, 0.2) is 47.4 Å². The van der Waals surface area contributed by atoms with Gasteiger partial charge in [-0.05, 0) is 55.7 Å². The van der Waals surface area contributed by atoms with Gasteiger partial charge in [0.2, 0.25) is 0 Å². The maximum atomic E-state index is 13.4. The van der Waals surface area contributed by atoms with Crippen LogP contribution in [0.3, 0.4) is 0 Å². The lowest BCUT2D eigenvalue weighted by Crippen LogP contribution is -2.84. The largest absolute Gasteiger partial charge is 0.484 e. The number of nitrogens with one attached hydrogen (secondary N) is 2. The van der Waals surface area contributed by atoms with E-state index in [2.05, 4.69) is 10.6 Å². The van der Waals surface area contributed by atoms with Crippen molar-refractivity contribution in [2.75, 3.05) is 13.2 Å². The van der Waals surface area contributed by atoms with Crippen molar-refractivity contribution in [1.82, 2.24) is 10.6 Å². The second kappa shape index (κ2) is 7.60. The highest BCUT2D eigenvalue weighted by Crippen LogP contribution is 3.02. The summed E-state index contributed by atoms with van der Waals surface area (Å²) >= 11 is 5.58. The standard InChI is InChI=1S/C21H19ClF6N2O4S/c22-16-6-3-14(7-17(16)23)34-9-19(32)30-21-10-20(11-21,12-21)29-18(31)8-33-13-1-4-15(5-2-13)35(24,25,26,27)28/h1-7H,8-12H2,(H,29,31)(H,30,32). The van der Waals surface area contributed by atoms with E-state index in [4.69, 9.17) is 21.1 Å². The van der Waals surface area contributed by atoms with Crippen LogP contribution < -0.4 is 20.1 Å². The van der Waals surface area contributed by atoms with Crippen molar-refractivity contribution in [2.45, 2.75) is 35.2 Å². The zero-order valence-electron chi connectivity index (χ0n) is 17.8. The molecule has 0 atom stereocenters. The lowest BCUT2D eigenvalue weighted by atomic mass is 9.44. The number of ether oxygens (including phenoxy) is 2. The molecule has 3 saturated carbocycles. The smallest absolute Gasteiger partial charge is 0.310 e. The van der Waals surface area contributed by atoms with E-state index in [0.29, 0.717) is 31.4 Å². The van der Waals surface area contributed by atoms with Crippen molar-refractivity contribution in [3.05, 3.63) is 53.3 Å². The van der Waals surface area contributed by atoms with Crippen LogP contribution in [-0.2, 0) is 9.59 Å². The van der Waals surface area contributed by atoms with Gasteiger partial charge in [-0.2, -0.15) is 0 Å². The molecule has 14 heteroatoms. The Balaban J connectivity index is 1.18. The van der Waals surface area contributed by atoms with Crippen LogP contribution in [0.1, 0.15) is 19.3 Å². The average Bonchev–Trinajstić information content (AvgIpc) is 2.69. The van der Waals surface area contributed by atoms with Gasteiger partial charge in [0.25, 0.3) is 11.8 Å². The third kappa shape index (κ3) is 5.72. The monoisotopic (exact) mass is 544 g/mol. The van der Waals surface area contributed by atoms with Crippen molar-refractivity contribution in [1.29, 1.82) is 0 Å². The molecular weight excluding hydrogens is 526 g/mol. The first-order valence-corrected chi connectivity index (χ1v) is 12.5. The van der Waals surface area contributed by atoms with Gasteiger partial charge in [0.15, 0.2) is 13.2 Å². The van der Waals surface area contributed by atoms with Crippen molar-refractivity contribution in [3.63, 3.8) is 0 Å². The Morgan fingerprint density at radius 3 is 1.74 bits per heavy atom. The van der Waals surface area contributed by atoms with Gasteiger partial charge in [-0.25, -0.2) is 4.39 Å². The molecule has 3 aliphatic carbocycles. The summed E-state index contributed by atoms with van der Waals surface area (Å²) in [5.74, 6) is -1.67. The highest BCUT2D eigenvalue weighted by atomic mass is 35.5. The van der Waals surface area contributed by atoms with Crippen LogP contribution in [0.2, 0.25) is 5.02 Å². The Labute approximate surface area is 200 Å². The zero-order chi connectivity index (χ0) is 25.8. The van der Waals surface area contributed by atoms with Crippen LogP contribution in [0.25, 0.3) is 0 Å². The fourth-order valence-electron chi connectivity index (χ4n) is 4.37. The molecule has 35 heavy (non-hydrogen) atoms. The van der Waals surface area contributed by atoms with E-state index in [9.17, 15) is 33.4 Å². The number of benzene rings is 2. The first kappa shape index (κ1) is 25.3. The molecule has 3 aliphatic rings. The Morgan fingerprint density at radius 1 is 0.829 bits per heavy atom. The zero-order valence-corrected chi connectivity index (χ0v) is 19.3. The Bertz CT molecular complexity index is 1170. The van der Waals surface area contributed by atoms with Gasteiger partial charge in [0.05, 0.1) is 5.02 Å². The third-order valence-corrected chi connectivity index (χ3v) is 7.21. The molecular formula is C21H19ClF6N2O4S. The molecule has 0 aliphatic heterocycles. The SMILES string of the molecule is O=C(COc1ccc(S(F)(F)(F)(F)F)cc1)NC12CC(NC(=O)COc3ccc(Cl)c(F)c3)(C1)C2. The van der Waals surface area contributed by atoms with Crippen molar-refractivity contribution >= 4 is 33.6 Å². The lowest BCUT2D eigenvalue weighted by molar-refractivity contribution is -0.151. The number of hydrogen-bond acceptors (Lipinski definition) is 4. The summed E-state index contributed by atoms with van der Waals surface area (Å²) in [7, 11) is -9.77. The van der Waals surface area contributed by atoms with Gasteiger partial charge in [-0.15, -0.1) is 0 Å². The van der Waals surface area contributed by atoms with Gasteiger partial charge < -0.3 is 20.1 Å². The lowest BCUT2D eigenvalue weighted by Gasteiger charge is -2.70. The molecule has 6 nitrogen and oxygen atoms in total. The molecule has 0 heterocycles. The minimum absolute atomic E-state index is 0.0709. The van der Waals surface area contributed by atoms with E-state index < -0.39 is 50.4 Å². The summed E-state index contributed by atoms with van der Waals surface area (Å²) in [4.78, 5) is 22.2. The predicted molar refractivity (Wildman–Crippen MR) is 116 cm³/mol. The second-order valence-corrected chi connectivity index (χ2v) is 11.6. The van der Waals surface area contributed by atoms with Crippen molar-refractivity contribution in [3.8, 4) is 11.5 Å². The van der Waals surface area contributed by atoms with Crippen LogP contribution in [0, 0.1) is 5.82 Å². The minimum atomic E-state index is -9.77. The average molecular weight is 545 g/mol.